The summed E-state index contributed by atoms with van der Waals surface area (Å²) < 4.78 is 0. The van der Waals surface area contributed by atoms with Crippen LogP contribution in [0.4, 0.5) is 0 Å². The fourth-order valence-electron chi connectivity index (χ4n) is 0.768. The van der Waals surface area contributed by atoms with Crippen molar-refractivity contribution in [2.45, 2.75) is 6.04 Å². The van der Waals surface area contributed by atoms with Crippen LogP contribution < -0.4 is 0 Å². The van der Waals surface area contributed by atoms with Gasteiger partial charge in [0.1, 0.15) is 0 Å². The van der Waals surface area contributed by atoms with Crippen molar-refractivity contribution in [2.24, 2.45) is 4.99 Å². The van der Waals surface area contributed by atoms with Gasteiger partial charge in [0, 0.05) is 18.0 Å². The molecule has 0 saturated carbocycles. The lowest BCUT2D eigenvalue weighted by atomic mass is 10.1. The molecule has 0 N–H and O–H groups in total. The Labute approximate surface area is 69.2 Å². The Morgan fingerprint density at radius 2 is 2.50 bits per heavy atom. The van der Waals surface area contributed by atoms with E-state index < -0.39 is 6.04 Å². The SMILES string of the molecule is N#CC(N=C=O)c1cccnc1. The normalized spacial score (nSPS) is 10.9. The minimum atomic E-state index is -0.781. The molecule has 1 aromatic heterocycles. The predicted molar refractivity (Wildman–Crippen MR) is 40.7 cm³/mol. The van der Waals surface area contributed by atoms with Crippen LogP contribution in [0.25, 0.3) is 0 Å². The highest BCUT2D eigenvalue weighted by molar-refractivity contribution is 5.37. The first-order valence-corrected chi connectivity index (χ1v) is 3.25. The molecule has 4 heteroatoms. The number of nitrogens with zero attached hydrogens (tertiary/aromatic N) is 3. The molecule has 1 rings (SSSR count). The number of nitriles is 1. The van der Waals surface area contributed by atoms with Gasteiger partial charge in [-0.3, -0.25) is 4.98 Å². The zero-order chi connectivity index (χ0) is 8.81. The topological polar surface area (TPSA) is 66.1 Å². The van der Waals surface area contributed by atoms with E-state index in [1.165, 1.54) is 12.3 Å². The standard InChI is InChI=1S/C8H5N3O/c9-4-8(11-6-12)7-2-1-3-10-5-7/h1-3,5,8H. The number of rotatable bonds is 2. The van der Waals surface area contributed by atoms with E-state index in [2.05, 4.69) is 9.98 Å². The van der Waals surface area contributed by atoms with Crippen molar-refractivity contribution in [1.82, 2.24) is 4.98 Å². The van der Waals surface area contributed by atoms with Gasteiger partial charge >= 0.3 is 0 Å². The van der Waals surface area contributed by atoms with Crippen LogP contribution in [0.15, 0.2) is 29.5 Å². The molecule has 4 nitrogen and oxygen atoms in total. The van der Waals surface area contributed by atoms with Crippen LogP contribution in [0.5, 0.6) is 0 Å². The Kier molecular flexibility index (Phi) is 2.72. The molecule has 1 atom stereocenters. The van der Waals surface area contributed by atoms with Crippen molar-refractivity contribution in [2.75, 3.05) is 0 Å². The lowest BCUT2D eigenvalue weighted by Gasteiger charge is -1.98. The van der Waals surface area contributed by atoms with Gasteiger partial charge in [-0.2, -0.15) is 10.3 Å². The number of carbonyl (C=O) groups excluding carboxylic acids is 1. The van der Waals surface area contributed by atoms with E-state index in [9.17, 15) is 4.79 Å². The quantitative estimate of drug-likeness (QED) is 0.477. The number of pyridine rings is 1. The van der Waals surface area contributed by atoms with Gasteiger partial charge in [0.25, 0.3) is 0 Å². The zero-order valence-electron chi connectivity index (χ0n) is 6.14. The zero-order valence-corrected chi connectivity index (χ0v) is 6.14. The van der Waals surface area contributed by atoms with Gasteiger partial charge in [-0.05, 0) is 6.07 Å². The Morgan fingerprint density at radius 3 is 3.00 bits per heavy atom. The van der Waals surface area contributed by atoms with E-state index in [1.54, 1.807) is 18.3 Å². The molecule has 0 bridgehead atoms. The lowest BCUT2D eigenvalue weighted by Crippen LogP contribution is -1.91. The third-order valence-corrected chi connectivity index (χ3v) is 1.30. The van der Waals surface area contributed by atoms with Gasteiger partial charge in [0.15, 0.2) is 6.04 Å². The van der Waals surface area contributed by atoms with Crippen LogP contribution in [0.2, 0.25) is 0 Å². The summed E-state index contributed by atoms with van der Waals surface area (Å²) in [7, 11) is 0. The van der Waals surface area contributed by atoms with Crippen LogP contribution in [-0.4, -0.2) is 11.1 Å². The van der Waals surface area contributed by atoms with Crippen molar-refractivity contribution < 1.29 is 4.79 Å². The molecular formula is C8H5N3O. The molecule has 0 amide bonds. The maximum absolute atomic E-state index is 9.88. The summed E-state index contributed by atoms with van der Waals surface area (Å²) in [5.41, 5.74) is 0.600. The highest BCUT2D eigenvalue weighted by atomic mass is 16.1. The summed E-state index contributed by atoms with van der Waals surface area (Å²) >= 11 is 0. The number of aliphatic imine (C=N–C) groups is 1. The molecule has 0 aliphatic heterocycles. The molecule has 0 saturated heterocycles. The number of aromatic nitrogens is 1. The van der Waals surface area contributed by atoms with E-state index in [1.807, 2.05) is 6.07 Å². The average molecular weight is 159 g/mol. The summed E-state index contributed by atoms with van der Waals surface area (Å²) in [6, 6.07) is 4.43. The van der Waals surface area contributed by atoms with Gasteiger partial charge in [-0.25, -0.2) is 4.79 Å². The fraction of sp³-hybridized carbons (Fsp3) is 0.125. The van der Waals surface area contributed by atoms with Crippen molar-refractivity contribution >= 4 is 6.08 Å². The van der Waals surface area contributed by atoms with Gasteiger partial charge in [-0.15, -0.1) is 0 Å². The second kappa shape index (κ2) is 4.02. The van der Waals surface area contributed by atoms with E-state index in [-0.39, 0.29) is 0 Å². The average Bonchev–Trinajstić information content (AvgIpc) is 2.15. The van der Waals surface area contributed by atoms with E-state index in [0.717, 1.165) is 0 Å². The molecule has 58 valence electrons. The first kappa shape index (κ1) is 8.12. The molecule has 1 unspecified atom stereocenters. The smallest absolute Gasteiger partial charge is 0.236 e. The van der Waals surface area contributed by atoms with Crippen molar-refractivity contribution in [3.8, 4) is 6.07 Å². The van der Waals surface area contributed by atoms with Gasteiger partial charge in [-0.1, -0.05) is 6.07 Å². The number of isocyanates is 1. The monoisotopic (exact) mass is 159 g/mol. The second-order valence-corrected chi connectivity index (χ2v) is 2.04. The molecule has 0 aliphatic rings. The van der Waals surface area contributed by atoms with E-state index in [4.69, 9.17) is 5.26 Å². The van der Waals surface area contributed by atoms with Gasteiger partial charge in [0.05, 0.1) is 6.07 Å². The van der Waals surface area contributed by atoms with Crippen molar-refractivity contribution in [3.63, 3.8) is 0 Å². The first-order valence-electron chi connectivity index (χ1n) is 3.25. The Hall–Kier alpha value is -1.98. The minimum Gasteiger partial charge on any atom is -0.264 e. The van der Waals surface area contributed by atoms with Crippen LogP contribution in [-0.2, 0) is 4.79 Å². The third kappa shape index (κ3) is 1.75. The molecule has 0 aliphatic carbocycles. The summed E-state index contributed by atoms with van der Waals surface area (Å²) in [6.07, 6.45) is 4.42. The summed E-state index contributed by atoms with van der Waals surface area (Å²) in [5, 5.41) is 8.56. The molecule has 0 spiro atoms. The van der Waals surface area contributed by atoms with Gasteiger partial charge < -0.3 is 0 Å². The highest BCUT2D eigenvalue weighted by Gasteiger charge is 2.06. The lowest BCUT2D eigenvalue weighted by molar-refractivity contribution is 0.561. The number of hydrogen-bond acceptors (Lipinski definition) is 4. The molecule has 12 heavy (non-hydrogen) atoms. The Morgan fingerprint density at radius 1 is 1.67 bits per heavy atom. The third-order valence-electron chi connectivity index (χ3n) is 1.30. The summed E-state index contributed by atoms with van der Waals surface area (Å²) in [4.78, 5) is 17.0. The van der Waals surface area contributed by atoms with Crippen molar-refractivity contribution in [3.05, 3.63) is 30.1 Å². The second-order valence-electron chi connectivity index (χ2n) is 2.04. The largest absolute Gasteiger partial charge is 0.264 e. The maximum atomic E-state index is 9.88. The van der Waals surface area contributed by atoms with E-state index in [0.29, 0.717) is 5.56 Å². The van der Waals surface area contributed by atoms with Crippen LogP contribution in [0.1, 0.15) is 11.6 Å². The Balaban J connectivity index is 2.97. The van der Waals surface area contributed by atoms with Crippen LogP contribution >= 0.6 is 0 Å². The molecule has 0 radical (unpaired) electrons. The van der Waals surface area contributed by atoms with Crippen molar-refractivity contribution in [1.29, 1.82) is 5.26 Å². The molecular weight excluding hydrogens is 154 g/mol. The summed E-state index contributed by atoms with van der Waals surface area (Å²) in [6.45, 7) is 0. The molecule has 1 aromatic rings. The summed E-state index contributed by atoms with van der Waals surface area (Å²) in [5.74, 6) is 0. The maximum Gasteiger partial charge on any atom is 0.236 e. The molecule has 0 aromatic carbocycles. The first-order chi connectivity index (χ1) is 5.88. The fourth-order valence-corrected chi connectivity index (χ4v) is 0.768. The Bertz CT molecular complexity index is 335. The predicted octanol–water partition coefficient (Wildman–Crippen LogP) is 0.982. The van der Waals surface area contributed by atoms with E-state index >= 15 is 0 Å². The highest BCUT2D eigenvalue weighted by Crippen LogP contribution is 2.13. The minimum absolute atomic E-state index is 0.600. The molecule has 1 heterocycles. The van der Waals surface area contributed by atoms with Crippen LogP contribution in [0.3, 0.4) is 0 Å². The number of hydrogen-bond donors (Lipinski definition) is 0. The molecule has 0 fully saturated rings. The van der Waals surface area contributed by atoms with Crippen LogP contribution in [0, 0.1) is 11.3 Å². The van der Waals surface area contributed by atoms with Gasteiger partial charge in [0.2, 0.25) is 6.08 Å².